The summed E-state index contributed by atoms with van der Waals surface area (Å²) in [7, 11) is 0. The van der Waals surface area contributed by atoms with Gasteiger partial charge < -0.3 is 4.74 Å². The van der Waals surface area contributed by atoms with Crippen LogP contribution in [0.5, 0.6) is 11.5 Å². The Morgan fingerprint density at radius 1 is 0.295 bits per heavy atom. The zero-order chi connectivity index (χ0) is 28.8. The first-order chi connectivity index (χ1) is 21.8. The normalized spacial score (nSPS) is 13.8. The molecular formula is C43H26O. The summed E-state index contributed by atoms with van der Waals surface area (Å²) in [6.45, 7) is 0. The molecule has 10 rings (SSSR count). The van der Waals surface area contributed by atoms with Crippen LogP contribution in [-0.2, 0) is 5.41 Å². The Balaban J connectivity index is 1.22. The highest BCUT2D eigenvalue weighted by molar-refractivity contribution is 5.97. The molecule has 2 aliphatic carbocycles. The molecule has 1 aliphatic heterocycles. The molecule has 1 heteroatoms. The second-order valence-corrected chi connectivity index (χ2v) is 12.0. The van der Waals surface area contributed by atoms with Crippen molar-refractivity contribution in [1.82, 2.24) is 0 Å². The van der Waals surface area contributed by atoms with Gasteiger partial charge in [0, 0.05) is 11.1 Å². The van der Waals surface area contributed by atoms with E-state index in [0.29, 0.717) is 0 Å². The quantitative estimate of drug-likeness (QED) is 0.195. The third-order valence-corrected chi connectivity index (χ3v) is 9.92. The fraction of sp³-hybridized carbons (Fsp3) is 0.0233. The summed E-state index contributed by atoms with van der Waals surface area (Å²) in [5.41, 5.74) is 17.4. The minimum atomic E-state index is -0.349. The molecule has 1 nitrogen and oxygen atoms in total. The number of ether oxygens (including phenoxy) is 1. The molecule has 0 N–H and O–H groups in total. The molecule has 0 saturated carbocycles. The van der Waals surface area contributed by atoms with Gasteiger partial charge in [-0.05, 0) is 91.0 Å². The smallest absolute Gasteiger partial charge is 0.135 e. The molecule has 0 fully saturated rings. The number of rotatable bonds is 1. The maximum atomic E-state index is 6.55. The number of benzene rings is 7. The standard InChI is InChI=1S/C43H26O/c1-2-12-30-29(11-1)35-16-6-10-20-41(35)44-42-24-22-27(25-36(30)42)28-21-23-34-33-15-5-9-19-39(33)43(40(34)26-28)37-17-7-3-13-31(37)32-14-4-8-18-38(32)43/h1-26H. The van der Waals surface area contributed by atoms with E-state index < -0.39 is 0 Å². The molecule has 0 amide bonds. The van der Waals surface area contributed by atoms with Crippen LogP contribution in [0.3, 0.4) is 0 Å². The minimum absolute atomic E-state index is 0.349. The lowest BCUT2D eigenvalue weighted by atomic mass is 9.70. The van der Waals surface area contributed by atoms with Crippen molar-refractivity contribution < 1.29 is 4.74 Å². The molecule has 7 aromatic rings. The lowest BCUT2D eigenvalue weighted by Gasteiger charge is -2.30. The predicted octanol–water partition coefficient (Wildman–Crippen LogP) is 11.1. The largest absolute Gasteiger partial charge is 0.456 e. The van der Waals surface area contributed by atoms with Gasteiger partial charge >= 0.3 is 0 Å². The van der Waals surface area contributed by atoms with Crippen LogP contribution in [0.2, 0.25) is 0 Å². The predicted molar refractivity (Wildman–Crippen MR) is 179 cm³/mol. The number of hydrogen-bond acceptors (Lipinski definition) is 1. The van der Waals surface area contributed by atoms with E-state index >= 15 is 0 Å². The monoisotopic (exact) mass is 558 g/mol. The van der Waals surface area contributed by atoms with Crippen LogP contribution >= 0.6 is 0 Å². The highest BCUT2D eigenvalue weighted by atomic mass is 16.5. The minimum Gasteiger partial charge on any atom is -0.456 e. The average molecular weight is 559 g/mol. The van der Waals surface area contributed by atoms with Gasteiger partial charge in [0.15, 0.2) is 0 Å². The fourth-order valence-electron chi connectivity index (χ4n) is 8.13. The maximum absolute atomic E-state index is 6.55. The van der Waals surface area contributed by atoms with Gasteiger partial charge in [-0.15, -0.1) is 0 Å². The summed E-state index contributed by atoms with van der Waals surface area (Å²) in [4.78, 5) is 0. The van der Waals surface area contributed by atoms with Gasteiger partial charge in [-0.1, -0.05) is 133 Å². The van der Waals surface area contributed by atoms with Crippen LogP contribution in [0.25, 0.3) is 55.6 Å². The molecule has 1 heterocycles. The summed E-state index contributed by atoms with van der Waals surface area (Å²) >= 11 is 0. The summed E-state index contributed by atoms with van der Waals surface area (Å²) in [5.74, 6) is 1.78. The van der Waals surface area contributed by atoms with Crippen LogP contribution in [0.15, 0.2) is 158 Å². The van der Waals surface area contributed by atoms with Crippen LogP contribution in [-0.4, -0.2) is 0 Å². The Morgan fingerprint density at radius 3 is 1.36 bits per heavy atom. The summed E-state index contributed by atoms with van der Waals surface area (Å²) < 4.78 is 6.55. The number of hydrogen-bond donors (Lipinski definition) is 0. The van der Waals surface area contributed by atoms with Crippen LogP contribution in [0.1, 0.15) is 22.3 Å². The van der Waals surface area contributed by atoms with Gasteiger partial charge in [0.25, 0.3) is 0 Å². The van der Waals surface area contributed by atoms with Crippen molar-refractivity contribution in [2.45, 2.75) is 5.41 Å². The molecule has 44 heavy (non-hydrogen) atoms. The zero-order valence-electron chi connectivity index (χ0n) is 23.9. The fourth-order valence-corrected chi connectivity index (χ4v) is 8.13. The molecule has 3 aliphatic rings. The molecule has 0 unspecified atom stereocenters. The van der Waals surface area contributed by atoms with Crippen LogP contribution in [0, 0.1) is 0 Å². The van der Waals surface area contributed by atoms with Gasteiger partial charge in [-0.2, -0.15) is 0 Å². The van der Waals surface area contributed by atoms with Gasteiger partial charge in [0.2, 0.25) is 0 Å². The lowest BCUT2D eigenvalue weighted by molar-refractivity contribution is 0.488. The molecular weight excluding hydrogens is 532 g/mol. The van der Waals surface area contributed by atoms with Crippen molar-refractivity contribution in [2.75, 3.05) is 0 Å². The van der Waals surface area contributed by atoms with Gasteiger partial charge in [0.05, 0.1) is 5.41 Å². The molecule has 0 bridgehead atoms. The van der Waals surface area contributed by atoms with Crippen LogP contribution < -0.4 is 4.74 Å². The first-order valence-corrected chi connectivity index (χ1v) is 15.3. The van der Waals surface area contributed by atoms with Gasteiger partial charge in [-0.3, -0.25) is 0 Å². The lowest BCUT2D eigenvalue weighted by Crippen LogP contribution is -2.25. The van der Waals surface area contributed by atoms with E-state index in [-0.39, 0.29) is 5.41 Å². The molecule has 0 radical (unpaired) electrons. The second-order valence-electron chi connectivity index (χ2n) is 12.0. The first kappa shape index (κ1) is 23.9. The third-order valence-electron chi connectivity index (χ3n) is 9.92. The van der Waals surface area contributed by atoms with Crippen molar-refractivity contribution in [3.05, 3.63) is 180 Å². The molecule has 1 spiro atoms. The molecule has 7 aromatic carbocycles. The van der Waals surface area contributed by atoms with Crippen molar-refractivity contribution in [3.63, 3.8) is 0 Å². The van der Waals surface area contributed by atoms with E-state index in [1.54, 1.807) is 0 Å². The Hall–Kier alpha value is -5.66. The number of para-hydroxylation sites is 1. The number of fused-ring (bicyclic) bond motifs is 15. The van der Waals surface area contributed by atoms with Crippen molar-refractivity contribution in [1.29, 1.82) is 0 Å². The highest BCUT2D eigenvalue weighted by Gasteiger charge is 2.51. The Bertz CT molecular complexity index is 2260. The van der Waals surface area contributed by atoms with E-state index in [1.807, 2.05) is 6.07 Å². The molecule has 0 atom stereocenters. The van der Waals surface area contributed by atoms with Crippen molar-refractivity contribution in [2.24, 2.45) is 0 Å². The van der Waals surface area contributed by atoms with E-state index in [0.717, 1.165) is 22.6 Å². The van der Waals surface area contributed by atoms with Gasteiger partial charge in [-0.25, -0.2) is 0 Å². The third kappa shape index (κ3) is 2.98. The van der Waals surface area contributed by atoms with Crippen molar-refractivity contribution >= 4 is 0 Å². The highest BCUT2D eigenvalue weighted by Crippen LogP contribution is 2.63. The molecule has 0 saturated heterocycles. The summed E-state index contributed by atoms with van der Waals surface area (Å²) in [5, 5.41) is 0. The van der Waals surface area contributed by atoms with Crippen LogP contribution in [0.4, 0.5) is 0 Å². The molecule has 204 valence electrons. The summed E-state index contributed by atoms with van der Waals surface area (Å²) in [6.07, 6.45) is 0. The topological polar surface area (TPSA) is 9.23 Å². The summed E-state index contributed by atoms with van der Waals surface area (Å²) in [6, 6.07) is 57.7. The zero-order valence-corrected chi connectivity index (χ0v) is 23.9. The Morgan fingerprint density at radius 2 is 0.727 bits per heavy atom. The Kier molecular flexibility index (Phi) is 4.71. The maximum Gasteiger partial charge on any atom is 0.135 e. The average Bonchev–Trinajstić information content (AvgIpc) is 3.50. The first-order valence-electron chi connectivity index (χ1n) is 15.3. The van der Waals surface area contributed by atoms with Crippen molar-refractivity contribution in [3.8, 4) is 67.1 Å². The van der Waals surface area contributed by atoms with E-state index in [9.17, 15) is 0 Å². The van der Waals surface area contributed by atoms with Gasteiger partial charge in [0.1, 0.15) is 11.5 Å². The van der Waals surface area contributed by atoms with E-state index in [1.165, 1.54) is 66.8 Å². The second kappa shape index (κ2) is 8.69. The SMILES string of the molecule is c1ccc2c(c1)Oc1ccc(-c3ccc4c(c3)C3(c5ccccc5-c5ccccc53)c3ccccc3-4)cc1-c1ccccc1-2. The van der Waals surface area contributed by atoms with E-state index in [4.69, 9.17) is 4.74 Å². The Labute approximate surface area is 256 Å². The molecule has 0 aromatic heterocycles. The van der Waals surface area contributed by atoms with E-state index in [2.05, 4.69) is 152 Å².